The first-order chi connectivity index (χ1) is 8.73. The Bertz CT molecular complexity index is 439. The van der Waals surface area contributed by atoms with E-state index >= 15 is 0 Å². The summed E-state index contributed by atoms with van der Waals surface area (Å²) in [6.07, 6.45) is 0.373. The van der Waals surface area contributed by atoms with Gasteiger partial charge in [-0.3, -0.25) is 4.79 Å². The number of ether oxygens (including phenoxy) is 1. The molecule has 0 radical (unpaired) electrons. The molecule has 1 rings (SSSR count). The monoisotopic (exact) mass is 264 g/mol. The number of nitrogens with one attached hydrogen (secondary N) is 1. The summed E-state index contributed by atoms with van der Waals surface area (Å²) >= 11 is 0. The van der Waals surface area contributed by atoms with E-state index in [1.54, 1.807) is 7.11 Å². The van der Waals surface area contributed by atoms with Gasteiger partial charge in [0.15, 0.2) is 0 Å². The SMILES string of the molecule is COc1cc(C)c(CC(=O)NCC(C)(C)N)c(C)c1. The van der Waals surface area contributed by atoms with Crippen molar-refractivity contribution in [3.63, 3.8) is 0 Å². The molecule has 0 heterocycles. The van der Waals surface area contributed by atoms with Gasteiger partial charge in [-0.05, 0) is 56.5 Å². The Kier molecular flexibility index (Phi) is 4.95. The largest absolute Gasteiger partial charge is 0.497 e. The second-order valence-electron chi connectivity index (χ2n) is 5.68. The number of rotatable bonds is 5. The van der Waals surface area contributed by atoms with E-state index in [4.69, 9.17) is 10.5 Å². The maximum absolute atomic E-state index is 11.9. The number of nitrogens with two attached hydrogens (primary N) is 1. The summed E-state index contributed by atoms with van der Waals surface area (Å²) in [6.45, 7) is 8.23. The van der Waals surface area contributed by atoms with Gasteiger partial charge in [-0.15, -0.1) is 0 Å². The molecule has 0 unspecified atom stereocenters. The van der Waals surface area contributed by atoms with Gasteiger partial charge in [-0.1, -0.05) is 0 Å². The van der Waals surface area contributed by atoms with Gasteiger partial charge in [0, 0.05) is 12.1 Å². The predicted octanol–water partition coefficient (Wildman–Crippen LogP) is 1.71. The fraction of sp³-hybridized carbons (Fsp3) is 0.533. The van der Waals surface area contributed by atoms with Gasteiger partial charge in [-0.25, -0.2) is 0 Å². The molecule has 0 aliphatic heterocycles. The quantitative estimate of drug-likeness (QED) is 0.851. The molecule has 0 bridgehead atoms. The molecule has 0 aliphatic rings. The van der Waals surface area contributed by atoms with E-state index in [0.29, 0.717) is 13.0 Å². The van der Waals surface area contributed by atoms with Crippen LogP contribution in [0.1, 0.15) is 30.5 Å². The first-order valence-electron chi connectivity index (χ1n) is 6.42. The molecule has 1 aromatic carbocycles. The number of aryl methyl sites for hydroxylation is 2. The van der Waals surface area contributed by atoms with Crippen LogP contribution < -0.4 is 15.8 Å². The third kappa shape index (κ3) is 4.91. The van der Waals surface area contributed by atoms with Crippen LogP contribution in [0.4, 0.5) is 0 Å². The van der Waals surface area contributed by atoms with Crippen molar-refractivity contribution < 1.29 is 9.53 Å². The highest BCUT2D eigenvalue weighted by atomic mass is 16.5. The Labute approximate surface area is 115 Å². The van der Waals surface area contributed by atoms with E-state index in [1.807, 2.05) is 39.8 Å². The van der Waals surface area contributed by atoms with Crippen molar-refractivity contribution in [2.45, 2.75) is 39.7 Å². The van der Waals surface area contributed by atoms with E-state index in [2.05, 4.69) is 5.32 Å². The molecule has 106 valence electrons. The highest BCUT2D eigenvalue weighted by Gasteiger charge is 2.14. The second kappa shape index (κ2) is 6.06. The molecule has 1 amide bonds. The van der Waals surface area contributed by atoms with Crippen LogP contribution in [0.15, 0.2) is 12.1 Å². The van der Waals surface area contributed by atoms with E-state index in [9.17, 15) is 4.79 Å². The van der Waals surface area contributed by atoms with Crippen LogP contribution in [0.5, 0.6) is 5.75 Å². The molecular formula is C15H24N2O2. The summed E-state index contributed by atoms with van der Waals surface area (Å²) in [5, 5.41) is 2.86. The van der Waals surface area contributed by atoms with Gasteiger partial charge < -0.3 is 15.8 Å². The minimum Gasteiger partial charge on any atom is -0.497 e. The molecule has 1 aromatic rings. The Morgan fingerprint density at radius 3 is 2.26 bits per heavy atom. The first kappa shape index (κ1) is 15.5. The van der Waals surface area contributed by atoms with Crippen molar-refractivity contribution in [3.05, 3.63) is 28.8 Å². The first-order valence-corrected chi connectivity index (χ1v) is 6.42. The fourth-order valence-corrected chi connectivity index (χ4v) is 1.90. The van der Waals surface area contributed by atoms with Crippen LogP contribution >= 0.6 is 0 Å². The minimum absolute atomic E-state index is 0.00473. The van der Waals surface area contributed by atoms with Crippen molar-refractivity contribution in [1.29, 1.82) is 0 Å². The molecule has 0 spiro atoms. The highest BCUT2D eigenvalue weighted by Crippen LogP contribution is 2.22. The average molecular weight is 264 g/mol. The molecule has 0 saturated heterocycles. The minimum atomic E-state index is -0.389. The lowest BCUT2D eigenvalue weighted by molar-refractivity contribution is -0.120. The smallest absolute Gasteiger partial charge is 0.224 e. The molecule has 0 saturated carbocycles. The lowest BCUT2D eigenvalue weighted by Crippen LogP contribution is -2.45. The van der Waals surface area contributed by atoms with Gasteiger partial charge in [0.2, 0.25) is 5.91 Å². The normalized spacial score (nSPS) is 11.3. The maximum Gasteiger partial charge on any atom is 0.224 e. The number of methoxy groups -OCH3 is 1. The van der Waals surface area contributed by atoms with E-state index < -0.39 is 0 Å². The number of carbonyl (C=O) groups excluding carboxylic acids is 1. The topological polar surface area (TPSA) is 64.3 Å². The standard InChI is InChI=1S/C15H24N2O2/c1-10-6-12(19-5)7-11(2)13(10)8-14(18)17-9-15(3,4)16/h6-7H,8-9,16H2,1-5H3,(H,17,18). The fourth-order valence-electron chi connectivity index (χ4n) is 1.90. The molecular weight excluding hydrogens is 240 g/mol. The molecule has 19 heavy (non-hydrogen) atoms. The van der Waals surface area contributed by atoms with Crippen LogP contribution in [0.3, 0.4) is 0 Å². The van der Waals surface area contributed by atoms with E-state index in [0.717, 1.165) is 22.4 Å². The van der Waals surface area contributed by atoms with Gasteiger partial charge >= 0.3 is 0 Å². The number of amides is 1. The molecule has 4 heteroatoms. The van der Waals surface area contributed by atoms with Gasteiger partial charge in [0.05, 0.1) is 13.5 Å². The molecule has 0 aliphatic carbocycles. The Hall–Kier alpha value is -1.55. The van der Waals surface area contributed by atoms with Crippen LogP contribution in [-0.2, 0) is 11.2 Å². The summed E-state index contributed by atoms with van der Waals surface area (Å²) in [4.78, 5) is 11.9. The molecule has 0 aromatic heterocycles. The second-order valence-corrected chi connectivity index (χ2v) is 5.68. The maximum atomic E-state index is 11.9. The number of hydrogen-bond acceptors (Lipinski definition) is 3. The zero-order chi connectivity index (χ0) is 14.6. The third-order valence-corrected chi connectivity index (χ3v) is 2.98. The summed E-state index contributed by atoms with van der Waals surface area (Å²) in [7, 11) is 1.64. The molecule has 0 atom stereocenters. The van der Waals surface area contributed by atoms with Crippen LogP contribution in [0.25, 0.3) is 0 Å². The molecule has 4 nitrogen and oxygen atoms in total. The van der Waals surface area contributed by atoms with Crippen molar-refractivity contribution in [2.75, 3.05) is 13.7 Å². The van der Waals surface area contributed by atoms with Crippen LogP contribution in [-0.4, -0.2) is 25.1 Å². The lowest BCUT2D eigenvalue weighted by Gasteiger charge is -2.19. The zero-order valence-electron chi connectivity index (χ0n) is 12.5. The Morgan fingerprint density at radius 2 is 1.84 bits per heavy atom. The summed E-state index contributed by atoms with van der Waals surface area (Å²) in [5.74, 6) is 0.817. The molecule has 0 fully saturated rings. The number of carbonyl (C=O) groups is 1. The number of hydrogen-bond donors (Lipinski definition) is 2. The van der Waals surface area contributed by atoms with Gasteiger partial charge in [-0.2, -0.15) is 0 Å². The van der Waals surface area contributed by atoms with Crippen molar-refractivity contribution in [1.82, 2.24) is 5.32 Å². The molecule has 3 N–H and O–H groups in total. The number of benzene rings is 1. The summed E-state index contributed by atoms with van der Waals surface area (Å²) < 4.78 is 5.21. The summed E-state index contributed by atoms with van der Waals surface area (Å²) in [5.41, 5.74) is 8.64. The predicted molar refractivity (Wildman–Crippen MR) is 77.4 cm³/mol. The van der Waals surface area contributed by atoms with E-state index in [-0.39, 0.29) is 11.4 Å². The Balaban J connectivity index is 2.75. The van der Waals surface area contributed by atoms with Crippen LogP contribution in [0.2, 0.25) is 0 Å². The summed E-state index contributed by atoms with van der Waals surface area (Å²) in [6, 6.07) is 3.89. The van der Waals surface area contributed by atoms with Crippen LogP contribution in [0, 0.1) is 13.8 Å². The van der Waals surface area contributed by atoms with Crippen molar-refractivity contribution in [3.8, 4) is 5.75 Å². The van der Waals surface area contributed by atoms with Gasteiger partial charge in [0.25, 0.3) is 0 Å². The average Bonchev–Trinajstić information content (AvgIpc) is 2.30. The third-order valence-electron chi connectivity index (χ3n) is 2.98. The highest BCUT2D eigenvalue weighted by molar-refractivity contribution is 5.79. The van der Waals surface area contributed by atoms with E-state index in [1.165, 1.54) is 0 Å². The lowest BCUT2D eigenvalue weighted by atomic mass is 9.99. The van der Waals surface area contributed by atoms with Gasteiger partial charge in [0.1, 0.15) is 5.75 Å². The zero-order valence-corrected chi connectivity index (χ0v) is 12.5. The van der Waals surface area contributed by atoms with Crippen molar-refractivity contribution >= 4 is 5.91 Å². The van der Waals surface area contributed by atoms with Crippen molar-refractivity contribution in [2.24, 2.45) is 5.73 Å². The Morgan fingerprint density at radius 1 is 1.32 bits per heavy atom.